The van der Waals surface area contributed by atoms with Crippen molar-refractivity contribution < 1.29 is 4.79 Å². The summed E-state index contributed by atoms with van der Waals surface area (Å²) in [5.41, 5.74) is 0. The average Bonchev–Trinajstić information content (AvgIpc) is 2.40. The number of hydrogen-bond acceptors (Lipinski definition) is 3. The van der Waals surface area contributed by atoms with Gasteiger partial charge in [-0.1, -0.05) is 30.1 Å². The molecule has 20 heavy (non-hydrogen) atoms. The van der Waals surface area contributed by atoms with E-state index in [1.54, 1.807) is 23.9 Å². The summed E-state index contributed by atoms with van der Waals surface area (Å²) in [6.07, 6.45) is 0.957. The fourth-order valence-electron chi connectivity index (χ4n) is 1.54. The highest BCUT2D eigenvalue weighted by atomic mass is 35.5. The number of thioether (sulfide) groups is 1. The normalized spacial score (nSPS) is 10.8. The number of benzene rings is 1. The minimum atomic E-state index is 0.0696. The molecule has 0 atom stereocenters. The number of halogens is 2. The van der Waals surface area contributed by atoms with Crippen molar-refractivity contribution >= 4 is 40.9 Å². The number of amides is 1. The molecule has 0 aliphatic heterocycles. The zero-order chi connectivity index (χ0) is 15.0. The predicted octanol–water partition coefficient (Wildman–Crippen LogP) is 3.54. The molecular weight excluding hydrogens is 315 g/mol. The molecule has 6 heteroatoms. The first kappa shape index (κ1) is 17.6. The number of hydrogen-bond donors (Lipinski definition) is 1. The zero-order valence-electron chi connectivity index (χ0n) is 11.8. The summed E-state index contributed by atoms with van der Waals surface area (Å²) in [4.78, 5) is 14.5. The van der Waals surface area contributed by atoms with Gasteiger partial charge in [0.25, 0.3) is 0 Å². The van der Waals surface area contributed by atoms with Crippen LogP contribution in [0.5, 0.6) is 0 Å². The van der Waals surface area contributed by atoms with Crippen LogP contribution in [0.2, 0.25) is 10.0 Å². The molecule has 0 heterocycles. The molecule has 1 aromatic carbocycles. The molecule has 0 fully saturated rings. The number of carbonyl (C=O) groups is 1. The van der Waals surface area contributed by atoms with Crippen molar-refractivity contribution in [1.29, 1.82) is 0 Å². The Morgan fingerprint density at radius 1 is 1.40 bits per heavy atom. The lowest BCUT2D eigenvalue weighted by Gasteiger charge is -2.16. The molecule has 0 saturated heterocycles. The van der Waals surface area contributed by atoms with Gasteiger partial charge in [-0.3, -0.25) is 9.69 Å². The van der Waals surface area contributed by atoms with E-state index < -0.39 is 0 Å². The lowest BCUT2D eigenvalue weighted by Crippen LogP contribution is -2.36. The molecule has 0 radical (unpaired) electrons. The minimum absolute atomic E-state index is 0.0696. The highest BCUT2D eigenvalue weighted by Gasteiger charge is 2.07. The SMILES string of the molecule is CCCNC(=O)CN(C)CCSc1cc(Cl)ccc1Cl. The van der Waals surface area contributed by atoms with Crippen molar-refractivity contribution in [3.8, 4) is 0 Å². The highest BCUT2D eigenvalue weighted by Crippen LogP contribution is 2.29. The molecule has 1 rings (SSSR count). The van der Waals surface area contributed by atoms with Gasteiger partial charge in [0.05, 0.1) is 11.6 Å². The molecule has 0 aliphatic rings. The van der Waals surface area contributed by atoms with Gasteiger partial charge in [-0.2, -0.15) is 0 Å². The first-order valence-corrected chi connectivity index (χ1v) is 8.30. The first-order chi connectivity index (χ1) is 9.52. The Labute approximate surface area is 135 Å². The molecular formula is C14H20Cl2N2OS. The zero-order valence-corrected chi connectivity index (χ0v) is 14.1. The van der Waals surface area contributed by atoms with Crippen LogP contribution in [0.1, 0.15) is 13.3 Å². The third-order valence-electron chi connectivity index (χ3n) is 2.61. The van der Waals surface area contributed by atoms with E-state index in [9.17, 15) is 4.79 Å². The van der Waals surface area contributed by atoms with Gasteiger partial charge in [-0.05, 0) is 31.7 Å². The summed E-state index contributed by atoms with van der Waals surface area (Å²) in [5.74, 6) is 0.928. The maximum atomic E-state index is 11.5. The van der Waals surface area contributed by atoms with Crippen molar-refractivity contribution in [2.75, 3.05) is 32.4 Å². The van der Waals surface area contributed by atoms with Crippen LogP contribution in [0.15, 0.2) is 23.1 Å². The molecule has 0 unspecified atom stereocenters. The lowest BCUT2D eigenvalue weighted by atomic mass is 10.4. The van der Waals surface area contributed by atoms with E-state index in [0.717, 1.165) is 30.2 Å². The van der Waals surface area contributed by atoms with Crippen molar-refractivity contribution in [2.24, 2.45) is 0 Å². The van der Waals surface area contributed by atoms with Crippen LogP contribution < -0.4 is 5.32 Å². The van der Waals surface area contributed by atoms with Crippen LogP contribution >= 0.6 is 35.0 Å². The Bertz CT molecular complexity index is 443. The second-order valence-electron chi connectivity index (χ2n) is 4.51. The fourth-order valence-corrected chi connectivity index (χ4v) is 3.10. The Kier molecular flexibility index (Phi) is 8.38. The molecule has 3 nitrogen and oxygen atoms in total. The Balaban J connectivity index is 2.29. The summed E-state index contributed by atoms with van der Waals surface area (Å²) in [6.45, 7) is 4.01. The van der Waals surface area contributed by atoms with Crippen molar-refractivity contribution in [3.05, 3.63) is 28.2 Å². The third-order valence-corrected chi connectivity index (χ3v) is 4.32. The number of nitrogens with zero attached hydrogens (tertiary/aromatic N) is 1. The van der Waals surface area contributed by atoms with Crippen LogP contribution in [-0.2, 0) is 4.79 Å². The van der Waals surface area contributed by atoms with Gasteiger partial charge >= 0.3 is 0 Å². The van der Waals surface area contributed by atoms with Crippen LogP contribution in [0.4, 0.5) is 0 Å². The first-order valence-electron chi connectivity index (χ1n) is 6.56. The van der Waals surface area contributed by atoms with Gasteiger partial charge in [0.2, 0.25) is 5.91 Å². The minimum Gasteiger partial charge on any atom is -0.355 e. The van der Waals surface area contributed by atoms with E-state index >= 15 is 0 Å². The number of carbonyl (C=O) groups excluding carboxylic acids is 1. The van der Waals surface area contributed by atoms with E-state index in [4.69, 9.17) is 23.2 Å². The summed E-state index contributed by atoms with van der Waals surface area (Å²) < 4.78 is 0. The Morgan fingerprint density at radius 3 is 2.85 bits per heavy atom. The van der Waals surface area contributed by atoms with Crippen molar-refractivity contribution in [1.82, 2.24) is 10.2 Å². The topological polar surface area (TPSA) is 32.3 Å². The van der Waals surface area contributed by atoms with Crippen LogP contribution in [0, 0.1) is 0 Å². The van der Waals surface area contributed by atoms with E-state index in [1.165, 1.54) is 0 Å². The van der Waals surface area contributed by atoms with Gasteiger partial charge < -0.3 is 5.32 Å². The molecule has 0 saturated carbocycles. The van der Waals surface area contributed by atoms with Gasteiger partial charge in [0, 0.05) is 28.8 Å². The molecule has 1 aromatic rings. The average molecular weight is 335 g/mol. The number of likely N-dealkylation sites (N-methyl/N-ethyl adjacent to an activating group) is 1. The molecule has 0 bridgehead atoms. The van der Waals surface area contributed by atoms with E-state index in [2.05, 4.69) is 5.32 Å². The largest absolute Gasteiger partial charge is 0.355 e. The third kappa shape index (κ3) is 6.84. The van der Waals surface area contributed by atoms with Crippen LogP contribution in [-0.4, -0.2) is 43.2 Å². The van der Waals surface area contributed by atoms with Gasteiger partial charge in [0.15, 0.2) is 0 Å². The lowest BCUT2D eigenvalue weighted by molar-refractivity contribution is -0.121. The molecule has 0 aliphatic carbocycles. The number of rotatable bonds is 8. The second-order valence-corrected chi connectivity index (χ2v) is 6.49. The van der Waals surface area contributed by atoms with Crippen molar-refractivity contribution in [2.45, 2.75) is 18.2 Å². The van der Waals surface area contributed by atoms with E-state index in [1.807, 2.05) is 24.9 Å². The molecule has 0 aromatic heterocycles. The highest BCUT2D eigenvalue weighted by molar-refractivity contribution is 7.99. The summed E-state index contributed by atoms with van der Waals surface area (Å²) in [5, 5.41) is 4.26. The van der Waals surface area contributed by atoms with Crippen molar-refractivity contribution in [3.63, 3.8) is 0 Å². The van der Waals surface area contributed by atoms with Gasteiger partial charge in [0.1, 0.15) is 0 Å². The van der Waals surface area contributed by atoms with Crippen LogP contribution in [0.3, 0.4) is 0 Å². The second kappa shape index (κ2) is 9.50. The smallest absolute Gasteiger partial charge is 0.234 e. The monoisotopic (exact) mass is 334 g/mol. The Morgan fingerprint density at radius 2 is 2.15 bits per heavy atom. The molecule has 1 N–H and O–H groups in total. The van der Waals surface area contributed by atoms with Gasteiger partial charge in [-0.25, -0.2) is 0 Å². The summed E-state index contributed by atoms with van der Waals surface area (Å²) in [6, 6.07) is 5.44. The standard InChI is InChI=1S/C14H20Cl2N2OS/c1-3-6-17-14(19)10-18(2)7-8-20-13-9-11(15)4-5-12(13)16/h4-5,9H,3,6-8,10H2,1-2H3,(H,17,19). The molecule has 0 spiro atoms. The Hall–Kier alpha value is -0.420. The van der Waals surface area contributed by atoms with Crippen LogP contribution in [0.25, 0.3) is 0 Å². The molecule has 112 valence electrons. The quantitative estimate of drug-likeness (QED) is 0.738. The maximum Gasteiger partial charge on any atom is 0.234 e. The molecule has 1 amide bonds. The number of nitrogens with one attached hydrogen (secondary N) is 1. The predicted molar refractivity (Wildman–Crippen MR) is 88.0 cm³/mol. The van der Waals surface area contributed by atoms with Gasteiger partial charge in [-0.15, -0.1) is 11.8 Å². The summed E-state index contributed by atoms with van der Waals surface area (Å²) >= 11 is 13.7. The van der Waals surface area contributed by atoms with E-state index in [0.29, 0.717) is 16.6 Å². The fraction of sp³-hybridized carbons (Fsp3) is 0.500. The summed E-state index contributed by atoms with van der Waals surface area (Å²) in [7, 11) is 1.94. The van der Waals surface area contributed by atoms with E-state index in [-0.39, 0.29) is 5.91 Å². The maximum absolute atomic E-state index is 11.5.